The number of nitrogens with two attached hydrogens (primary N) is 1. The van der Waals surface area contributed by atoms with Gasteiger partial charge in [-0.15, -0.1) is 0 Å². The van der Waals surface area contributed by atoms with Crippen LogP contribution in [0.4, 0.5) is 16.2 Å². The van der Waals surface area contributed by atoms with Gasteiger partial charge in [0.05, 0.1) is 12.0 Å². The molecule has 0 heterocycles. The summed E-state index contributed by atoms with van der Waals surface area (Å²) in [7, 11) is 0. The van der Waals surface area contributed by atoms with Crippen LogP contribution in [0.25, 0.3) is 0 Å². The number of nitrogens with one attached hydrogen (secondary N) is 2. The minimum Gasteiger partial charge on any atom is -0.450 e. The molecule has 1 atom stereocenters. The van der Waals surface area contributed by atoms with Gasteiger partial charge in [-0.2, -0.15) is 0 Å². The second-order valence-corrected chi connectivity index (χ2v) is 5.00. The lowest BCUT2D eigenvalue weighted by Crippen LogP contribution is -2.39. The fraction of sp³-hybridized carbons (Fsp3) is 0.467. The van der Waals surface area contributed by atoms with Crippen LogP contribution >= 0.6 is 0 Å². The predicted molar refractivity (Wildman–Crippen MR) is 83.2 cm³/mol. The summed E-state index contributed by atoms with van der Waals surface area (Å²) in [4.78, 5) is 23.4. The van der Waals surface area contributed by atoms with Crippen LogP contribution in [0.1, 0.15) is 27.2 Å². The van der Waals surface area contributed by atoms with Crippen LogP contribution in [0.3, 0.4) is 0 Å². The van der Waals surface area contributed by atoms with Gasteiger partial charge in [0.15, 0.2) is 0 Å². The van der Waals surface area contributed by atoms with Crippen molar-refractivity contribution < 1.29 is 14.3 Å². The molecular formula is C15H23N3O3. The Morgan fingerprint density at radius 2 is 1.67 bits per heavy atom. The molecule has 0 radical (unpaired) electrons. The van der Waals surface area contributed by atoms with E-state index >= 15 is 0 Å². The number of hydrogen-bond donors (Lipinski definition) is 3. The Kier molecular flexibility index (Phi) is 6.17. The van der Waals surface area contributed by atoms with Crippen LogP contribution in [0.5, 0.6) is 0 Å². The molecular weight excluding hydrogens is 270 g/mol. The number of anilines is 2. The zero-order valence-corrected chi connectivity index (χ0v) is 12.7. The lowest BCUT2D eigenvalue weighted by atomic mass is 9.86. The van der Waals surface area contributed by atoms with Crippen molar-refractivity contribution >= 4 is 23.4 Å². The van der Waals surface area contributed by atoms with Gasteiger partial charge in [0.25, 0.3) is 0 Å². The minimum atomic E-state index is -0.581. The fourth-order valence-electron chi connectivity index (χ4n) is 1.60. The van der Waals surface area contributed by atoms with Crippen molar-refractivity contribution in [2.45, 2.75) is 27.2 Å². The monoisotopic (exact) mass is 293 g/mol. The molecule has 0 aliphatic heterocycles. The number of hydrogen-bond acceptors (Lipinski definition) is 4. The molecule has 116 valence electrons. The van der Waals surface area contributed by atoms with Crippen LogP contribution in [-0.2, 0) is 9.53 Å². The molecule has 0 fully saturated rings. The van der Waals surface area contributed by atoms with Gasteiger partial charge in [-0.1, -0.05) is 6.92 Å². The predicted octanol–water partition coefficient (Wildman–Crippen LogP) is 2.57. The summed E-state index contributed by atoms with van der Waals surface area (Å²) in [5.74, 6) is -0.112. The molecule has 0 saturated heterocycles. The van der Waals surface area contributed by atoms with E-state index in [1.807, 2.05) is 13.8 Å². The van der Waals surface area contributed by atoms with E-state index in [9.17, 15) is 9.59 Å². The molecule has 0 aliphatic carbocycles. The normalized spacial score (nSPS) is 13.1. The number of amides is 2. The molecule has 0 saturated carbocycles. The Hall–Kier alpha value is -2.08. The molecule has 4 N–H and O–H groups in total. The molecule has 1 aromatic rings. The summed E-state index contributed by atoms with van der Waals surface area (Å²) in [5.41, 5.74) is 6.33. The minimum absolute atomic E-state index is 0.112. The smallest absolute Gasteiger partial charge is 0.411 e. The number of carbonyl (C=O) groups is 2. The lowest BCUT2D eigenvalue weighted by molar-refractivity contribution is -0.124. The highest BCUT2D eigenvalue weighted by molar-refractivity contribution is 5.95. The van der Waals surface area contributed by atoms with Gasteiger partial charge < -0.3 is 15.8 Å². The number of rotatable bonds is 6. The highest BCUT2D eigenvalue weighted by atomic mass is 16.5. The Morgan fingerprint density at radius 3 is 2.10 bits per heavy atom. The second-order valence-electron chi connectivity index (χ2n) is 5.00. The molecule has 0 spiro atoms. The topological polar surface area (TPSA) is 93.5 Å². The van der Waals surface area contributed by atoms with Crippen molar-refractivity contribution in [2.75, 3.05) is 23.8 Å². The zero-order chi connectivity index (χ0) is 15.9. The summed E-state index contributed by atoms with van der Waals surface area (Å²) in [6.45, 7) is 6.10. The van der Waals surface area contributed by atoms with Gasteiger partial charge in [-0.25, -0.2) is 4.79 Å². The molecule has 0 aromatic heterocycles. The van der Waals surface area contributed by atoms with E-state index < -0.39 is 11.5 Å². The van der Waals surface area contributed by atoms with Gasteiger partial charge in [-0.3, -0.25) is 10.1 Å². The molecule has 21 heavy (non-hydrogen) atoms. The average Bonchev–Trinajstić information content (AvgIpc) is 2.48. The molecule has 1 aromatic carbocycles. The van der Waals surface area contributed by atoms with E-state index in [0.29, 0.717) is 24.4 Å². The van der Waals surface area contributed by atoms with Crippen molar-refractivity contribution in [1.29, 1.82) is 0 Å². The first-order valence-corrected chi connectivity index (χ1v) is 7.00. The van der Waals surface area contributed by atoms with Crippen molar-refractivity contribution in [1.82, 2.24) is 0 Å². The Labute approximate surface area is 125 Å². The maximum Gasteiger partial charge on any atom is 0.411 e. The van der Waals surface area contributed by atoms with Crippen molar-refractivity contribution in [3.8, 4) is 0 Å². The number of carbonyl (C=O) groups excluding carboxylic acids is 2. The van der Waals surface area contributed by atoms with Crippen LogP contribution < -0.4 is 16.4 Å². The van der Waals surface area contributed by atoms with E-state index in [-0.39, 0.29) is 12.5 Å². The van der Waals surface area contributed by atoms with E-state index in [1.165, 1.54) is 0 Å². The first-order valence-electron chi connectivity index (χ1n) is 7.00. The largest absolute Gasteiger partial charge is 0.450 e. The zero-order valence-electron chi connectivity index (χ0n) is 12.7. The van der Waals surface area contributed by atoms with Crippen LogP contribution in [0.15, 0.2) is 24.3 Å². The molecule has 1 unspecified atom stereocenters. The third kappa shape index (κ3) is 4.75. The molecule has 1 rings (SSSR count). The summed E-state index contributed by atoms with van der Waals surface area (Å²) in [6.07, 6.45) is 0.161. The summed E-state index contributed by atoms with van der Waals surface area (Å²) in [6, 6.07) is 6.81. The van der Waals surface area contributed by atoms with Crippen LogP contribution in [0, 0.1) is 5.41 Å². The standard InChI is InChI=1S/C15H23N3O3/c1-4-15(3,10-16)13(19)17-11-6-8-12(9-7-11)18-14(20)21-5-2/h6-9H,4-5,10,16H2,1-3H3,(H,17,19)(H,18,20). The van der Waals surface area contributed by atoms with E-state index in [4.69, 9.17) is 10.5 Å². The third-order valence-corrected chi connectivity index (χ3v) is 3.44. The first-order chi connectivity index (χ1) is 9.95. The quantitative estimate of drug-likeness (QED) is 0.751. The Balaban J connectivity index is 2.66. The molecule has 0 bridgehead atoms. The maximum absolute atomic E-state index is 12.2. The third-order valence-electron chi connectivity index (χ3n) is 3.44. The van der Waals surface area contributed by atoms with Gasteiger partial charge in [0.2, 0.25) is 5.91 Å². The van der Waals surface area contributed by atoms with Crippen molar-refractivity contribution in [2.24, 2.45) is 11.1 Å². The summed E-state index contributed by atoms with van der Waals surface area (Å²) >= 11 is 0. The molecule has 0 aliphatic rings. The number of benzene rings is 1. The highest BCUT2D eigenvalue weighted by Gasteiger charge is 2.29. The van der Waals surface area contributed by atoms with E-state index in [2.05, 4.69) is 10.6 Å². The fourth-order valence-corrected chi connectivity index (χ4v) is 1.60. The average molecular weight is 293 g/mol. The van der Waals surface area contributed by atoms with Crippen molar-refractivity contribution in [3.63, 3.8) is 0 Å². The van der Waals surface area contributed by atoms with Gasteiger partial charge in [0, 0.05) is 17.9 Å². The van der Waals surface area contributed by atoms with Gasteiger partial charge >= 0.3 is 6.09 Å². The van der Waals surface area contributed by atoms with Gasteiger partial charge in [-0.05, 0) is 44.5 Å². The second kappa shape index (κ2) is 7.64. The first kappa shape index (κ1) is 17.0. The van der Waals surface area contributed by atoms with Gasteiger partial charge in [0.1, 0.15) is 0 Å². The van der Waals surface area contributed by atoms with Crippen LogP contribution in [-0.4, -0.2) is 25.2 Å². The van der Waals surface area contributed by atoms with Crippen molar-refractivity contribution in [3.05, 3.63) is 24.3 Å². The summed E-state index contributed by atoms with van der Waals surface area (Å²) in [5, 5.41) is 5.41. The Morgan fingerprint density at radius 1 is 1.14 bits per heavy atom. The summed E-state index contributed by atoms with van der Waals surface area (Å²) < 4.78 is 4.78. The van der Waals surface area contributed by atoms with E-state index in [0.717, 1.165) is 0 Å². The number of ether oxygens (including phenoxy) is 1. The lowest BCUT2D eigenvalue weighted by Gasteiger charge is -2.24. The molecule has 2 amide bonds. The Bertz CT molecular complexity index is 481. The maximum atomic E-state index is 12.2. The molecule has 6 heteroatoms. The molecule has 6 nitrogen and oxygen atoms in total. The highest BCUT2D eigenvalue weighted by Crippen LogP contribution is 2.22. The SMILES string of the molecule is CCOC(=O)Nc1ccc(NC(=O)C(C)(CC)CN)cc1. The van der Waals surface area contributed by atoms with Crippen LogP contribution in [0.2, 0.25) is 0 Å². The van der Waals surface area contributed by atoms with E-state index in [1.54, 1.807) is 31.2 Å².